The summed E-state index contributed by atoms with van der Waals surface area (Å²) in [6.07, 6.45) is 3.71. The fraction of sp³-hybridized carbons (Fsp3) is 0.148. The van der Waals surface area contributed by atoms with Gasteiger partial charge < -0.3 is 4.90 Å². The molecule has 0 aromatic heterocycles. The molecule has 2 saturated heterocycles. The molecular formula is C27H17Cl2N3O5. The summed E-state index contributed by atoms with van der Waals surface area (Å²) in [7, 11) is 0. The molecule has 3 aromatic rings. The Hall–Kier alpha value is -4.01. The first-order valence-electron chi connectivity index (χ1n) is 11.4. The summed E-state index contributed by atoms with van der Waals surface area (Å²) in [5.41, 5.74) is 1.64. The fourth-order valence-corrected chi connectivity index (χ4v) is 6.19. The van der Waals surface area contributed by atoms with Gasteiger partial charge in [0, 0.05) is 33.4 Å². The van der Waals surface area contributed by atoms with E-state index in [1.807, 2.05) is 41.3 Å². The number of nitrogens with zero attached hydrogens (tertiary/aromatic N) is 3. The van der Waals surface area contributed by atoms with E-state index in [-0.39, 0.29) is 27.0 Å². The van der Waals surface area contributed by atoms with Crippen LogP contribution in [0.2, 0.25) is 10.0 Å². The third-order valence-electron chi connectivity index (χ3n) is 7.13. The normalized spacial score (nSPS) is 23.6. The molecule has 3 aliphatic rings. The Morgan fingerprint density at radius 1 is 0.892 bits per heavy atom. The molecule has 0 spiro atoms. The van der Waals surface area contributed by atoms with Gasteiger partial charge in [0.15, 0.2) is 5.78 Å². The van der Waals surface area contributed by atoms with Crippen molar-refractivity contribution in [3.8, 4) is 0 Å². The molecule has 37 heavy (non-hydrogen) atoms. The minimum Gasteiger partial charge on any atom is -0.352 e. The van der Waals surface area contributed by atoms with Crippen LogP contribution >= 0.6 is 23.2 Å². The highest BCUT2D eigenvalue weighted by molar-refractivity contribution is 6.36. The lowest BCUT2D eigenvalue weighted by atomic mass is 9.86. The number of carbonyl (C=O) groups excluding carboxylic acids is 3. The van der Waals surface area contributed by atoms with E-state index in [2.05, 4.69) is 0 Å². The summed E-state index contributed by atoms with van der Waals surface area (Å²) in [5.74, 6) is -3.34. The standard InChI is InChI=1S/C27H17Cl2N3O5/c28-16-11-17(29)13-19(12-16)30-26(34)22-21-9-8-14-4-1-2-7-20(14)31(21)24(23(22)27(30)35)25(33)15-5-3-6-18(10-15)32(36)37/h1-13,21-24H/t21-,22+,23-,24+/m1/s1. The Kier molecular flexibility index (Phi) is 5.40. The first kappa shape index (κ1) is 23.4. The van der Waals surface area contributed by atoms with Crippen molar-refractivity contribution in [1.82, 2.24) is 0 Å². The summed E-state index contributed by atoms with van der Waals surface area (Å²) in [5, 5.41) is 11.9. The number of rotatable bonds is 4. The van der Waals surface area contributed by atoms with Gasteiger partial charge in [0.2, 0.25) is 11.8 Å². The summed E-state index contributed by atoms with van der Waals surface area (Å²) in [6, 6.07) is 15.6. The Balaban J connectivity index is 1.50. The number of amides is 2. The van der Waals surface area contributed by atoms with Gasteiger partial charge in [-0.3, -0.25) is 24.5 Å². The molecule has 0 radical (unpaired) electrons. The highest BCUT2D eigenvalue weighted by Gasteiger charge is 2.64. The number of nitro benzene ring substituents is 1. The van der Waals surface area contributed by atoms with Crippen molar-refractivity contribution in [2.45, 2.75) is 12.1 Å². The van der Waals surface area contributed by atoms with Crippen LogP contribution < -0.4 is 9.80 Å². The molecule has 0 N–H and O–H groups in total. The van der Waals surface area contributed by atoms with Crippen molar-refractivity contribution in [2.75, 3.05) is 9.80 Å². The average Bonchev–Trinajstić information content (AvgIpc) is 3.35. The Bertz CT molecular complexity index is 1530. The molecule has 3 aromatic carbocycles. The van der Waals surface area contributed by atoms with Crippen LogP contribution in [0.15, 0.2) is 72.8 Å². The van der Waals surface area contributed by atoms with Crippen LogP contribution in [-0.2, 0) is 9.59 Å². The van der Waals surface area contributed by atoms with Gasteiger partial charge in [-0.1, -0.05) is 65.7 Å². The molecule has 0 saturated carbocycles. The van der Waals surface area contributed by atoms with Crippen LogP contribution in [0.5, 0.6) is 0 Å². The van der Waals surface area contributed by atoms with E-state index in [1.54, 1.807) is 0 Å². The van der Waals surface area contributed by atoms with Crippen LogP contribution in [0, 0.1) is 22.0 Å². The van der Waals surface area contributed by atoms with Gasteiger partial charge in [0.25, 0.3) is 5.69 Å². The molecule has 0 aliphatic carbocycles. The zero-order valence-corrected chi connectivity index (χ0v) is 20.5. The zero-order chi connectivity index (χ0) is 26.0. The molecule has 3 aliphatic heterocycles. The monoisotopic (exact) mass is 533 g/mol. The molecule has 10 heteroatoms. The largest absolute Gasteiger partial charge is 0.352 e. The lowest BCUT2D eigenvalue weighted by molar-refractivity contribution is -0.384. The van der Waals surface area contributed by atoms with Gasteiger partial charge in [0.05, 0.1) is 28.5 Å². The molecular weight excluding hydrogens is 517 g/mol. The minimum atomic E-state index is -1.06. The molecule has 6 rings (SSSR count). The number of imide groups is 1. The number of nitro groups is 1. The Labute approximate surface area is 220 Å². The average molecular weight is 534 g/mol. The summed E-state index contributed by atoms with van der Waals surface area (Å²) in [4.78, 5) is 55.4. The van der Waals surface area contributed by atoms with Crippen molar-refractivity contribution in [1.29, 1.82) is 0 Å². The molecule has 8 nitrogen and oxygen atoms in total. The van der Waals surface area contributed by atoms with Crippen LogP contribution in [-0.4, -0.2) is 34.6 Å². The number of hydrogen-bond acceptors (Lipinski definition) is 6. The zero-order valence-electron chi connectivity index (χ0n) is 19.0. The number of anilines is 2. The fourth-order valence-electron chi connectivity index (χ4n) is 5.68. The number of halogens is 2. The minimum absolute atomic E-state index is 0.0927. The van der Waals surface area contributed by atoms with E-state index in [0.717, 1.165) is 10.5 Å². The van der Waals surface area contributed by atoms with Gasteiger partial charge in [-0.05, 0) is 29.8 Å². The lowest BCUT2D eigenvalue weighted by Gasteiger charge is -2.36. The van der Waals surface area contributed by atoms with Gasteiger partial charge in [-0.25, -0.2) is 4.90 Å². The number of carbonyl (C=O) groups is 3. The highest BCUT2D eigenvalue weighted by Crippen LogP contribution is 2.50. The first-order valence-corrected chi connectivity index (χ1v) is 12.2. The number of hydrogen-bond donors (Lipinski definition) is 0. The summed E-state index contributed by atoms with van der Waals surface area (Å²) >= 11 is 12.3. The van der Waals surface area contributed by atoms with Crippen molar-refractivity contribution in [3.05, 3.63) is 104 Å². The SMILES string of the molecule is O=C(c1cccc([N+](=O)[O-])c1)[C@@H]1[C@@H]2C(=O)N(c3cc(Cl)cc(Cl)c3)C(=O)[C@H]2[C@H]2C=Cc3ccccc3N21. The Morgan fingerprint density at radius 3 is 2.32 bits per heavy atom. The number of non-ortho nitro benzene ring substituents is 1. The van der Waals surface area contributed by atoms with E-state index < -0.39 is 46.4 Å². The van der Waals surface area contributed by atoms with E-state index >= 15 is 0 Å². The maximum Gasteiger partial charge on any atom is 0.270 e. The van der Waals surface area contributed by atoms with Gasteiger partial charge in [-0.15, -0.1) is 0 Å². The number of para-hydroxylation sites is 1. The van der Waals surface area contributed by atoms with Gasteiger partial charge in [0.1, 0.15) is 6.04 Å². The van der Waals surface area contributed by atoms with E-state index in [4.69, 9.17) is 23.2 Å². The van der Waals surface area contributed by atoms with Crippen LogP contribution in [0.25, 0.3) is 6.08 Å². The second kappa shape index (κ2) is 8.54. The maximum atomic E-state index is 14.0. The quantitative estimate of drug-likeness (QED) is 0.198. The Morgan fingerprint density at radius 2 is 1.59 bits per heavy atom. The molecule has 4 atom stereocenters. The van der Waals surface area contributed by atoms with Crippen molar-refractivity contribution in [3.63, 3.8) is 0 Å². The molecule has 2 amide bonds. The van der Waals surface area contributed by atoms with E-state index in [9.17, 15) is 24.5 Å². The van der Waals surface area contributed by atoms with E-state index in [1.165, 1.54) is 42.5 Å². The van der Waals surface area contributed by atoms with Crippen molar-refractivity contribution >= 4 is 63.9 Å². The van der Waals surface area contributed by atoms with Crippen LogP contribution in [0.3, 0.4) is 0 Å². The highest BCUT2D eigenvalue weighted by atomic mass is 35.5. The van der Waals surface area contributed by atoms with E-state index in [0.29, 0.717) is 5.69 Å². The van der Waals surface area contributed by atoms with Crippen LogP contribution in [0.1, 0.15) is 15.9 Å². The smallest absolute Gasteiger partial charge is 0.270 e. The maximum absolute atomic E-state index is 14.0. The summed E-state index contributed by atoms with van der Waals surface area (Å²) in [6.45, 7) is 0. The predicted molar refractivity (Wildman–Crippen MR) is 139 cm³/mol. The number of ketones is 1. The predicted octanol–water partition coefficient (Wildman–Crippen LogP) is 5.17. The third-order valence-corrected chi connectivity index (χ3v) is 7.57. The second-order valence-corrected chi connectivity index (χ2v) is 10.00. The molecule has 0 bridgehead atoms. The van der Waals surface area contributed by atoms with Crippen molar-refractivity contribution < 1.29 is 19.3 Å². The first-order chi connectivity index (χ1) is 17.8. The van der Waals surface area contributed by atoms with Gasteiger partial charge >= 0.3 is 0 Å². The van der Waals surface area contributed by atoms with Gasteiger partial charge in [-0.2, -0.15) is 0 Å². The van der Waals surface area contributed by atoms with Crippen molar-refractivity contribution in [2.24, 2.45) is 11.8 Å². The second-order valence-electron chi connectivity index (χ2n) is 9.12. The molecule has 2 fully saturated rings. The van der Waals surface area contributed by atoms with Crippen LogP contribution in [0.4, 0.5) is 17.1 Å². The molecule has 184 valence electrons. The topological polar surface area (TPSA) is 101 Å². The molecule has 3 heterocycles. The third kappa shape index (κ3) is 3.55. The summed E-state index contributed by atoms with van der Waals surface area (Å²) < 4.78 is 0. The number of Topliss-reactive ketones (excluding diaryl/α,β-unsaturated/α-hetero) is 1. The molecule has 0 unspecified atom stereocenters. The number of fused-ring (bicyclic) bond motifs is 5. The number of benzene rings is 3. The lowest BCUT2D eigenvalue weighted by Crippen LogP contribution is -2.48.